The van der Waals surface area contributed by atoms with Gasteiger partial charge in [0.05, 0.1) is 16.6 Å². The summed E-state index contributed by atoms with van der Waals surface area (Å²) < 4.78 is 5.59. The Bertz CT molecular complexity index is 782. The average molecular weight is 358 g/mol. The van der Waals surface area contributed by atoms with Crippen molar-refractivity contribution in [3.05, 3.63) is 40.2 Å². The van der Waals surface area contributed by atoms with E-state index < -0.39 is 5.97 Å². The van der Waals surface area contributed by atoms with Crippen LogP contribution in [0.25, 0.3) is 0 Å². The molecule has 5 nitrogen and oxygen atoms in total. The Morgan fingerprint density at radius 3 is 2.80 bits per heavy atom. The second-order valence-electron chi connectivity index (χ2n) is 6.68. The van der Waals surface area contributed by atoms with Crippen LogP contribution in [-0.4, -0.2) is 28.7 Å². The number of carboxylic acid groups (broad SMARTS) is 1. The van der Waals surface area contributed by atoms with Gasteiger partial charge >= 0.3 is 5.97 Å². The van der Waals surface area contributed by atoms with Crippen LogP contribution in [-0.2, 0) is 0 Å². The molecule has 0 aliphatic heterocycles. The first kappa shape index (κ1) is 18.8. The number of hydrogen-bond donors (Lipinski definition) is 2. The first-order chi connectivity index (χ1) is 11.7. The molecule has 0 spiro atoms. The molecule has 0 aliphatic rings. The van der Waals surface area contributed by atoms with E-state index in [2.05, 4.69) is 22.1 Å². The number of aromatic nitrogens is 1. The van der Waals surface area contributed by atoms with E-state index in [1.165, 1.54) is 11.3 Å². The van der Waals surface area contributed by atoms with Crippen LogP contribution < -0.4 is 10.1 Å². The molecule has 2 heterocycles. The third kappa shape index (κ3) is 6.12. The standard InChI is InChI=1S/C19H22N2O3S/c1-13(12-24-16-7-5-6-10-20-16)21-15-11-14(8-9-19(2,3)4)25-17(15)18(22)23/h5-7,10-11,13,21H,12H2,1-4H3,(H,22,23)/t13-/m0/s1. The summed E-state index contributed by atoms with van der Waals surface area (Å²) in [5.41, 5.74) is 0.429. The summed E-state index contributed by atoms with van der Waals surface area (Å²) in [6.45, 7) is 8.34. The van der Waals surface area contributed by atoms with E-state index in [-0.39, 0.29) is 16.3 Å². The van der Waals surface area contributed by atoms with Crippen molar-refractivity contribution < 1.29 is 14.6 Å². The van der Waals surface area contributed by atoms with Gasteiger partial charge in [-0.15, -0.1) is 11.3 Å². The van der Waals surface area contributed by atoms with E-state index in [1.54, 1.807) is 18.3 Å². The molecule has 0 bridgehead atoms. The van der Waals surface area contributed by atoms with Gasteiger partial charge in [-0.05, 0) is 39.8 Å². The smallest absolute Gasteiger partial charge is 0.348 e. The lowest BCUT2D eigenvalue weighted by atomic mass is 9.98. The fraction of sp³-hybridized carbons (Fsp3) is 0.368. The van der Waals surface area contributed by atoms with Crippen molar-refractivity contribution in [2.75, 3.05) is 11.9 Å². The van der Waals surface area contributed by atoms with Gasteiger partial charge < -0.3 is 15.2 Å². The number of ether oxygens (including phenoxy) is 1. The highest BCUT2D eigenvalue weighted by Crippen LogP contribution is 2.28. The van der Waals surface area contributed by atoms with E-state index in [0.717, 1.165) is 4.88 Å². The number of nitrogens with one attached hydrogen (secondary N) is 1. The molecular weight excluding hydrogens is 336 g/mol. The van der Waals surface area contributed by atoms with Gasteiger partial charge in [0.15, 0.2) is 0 Å². The molecule has 2 aromatic heterocycles. The lowest BCUT2D eigenvalue weighted by molar-refractivity contribution is 0.0703. The molecule has 132 valence electrons. The Hall–Kier alpha value is -2.52. The van der Waals surface area contributed by atoms with E-state index in [1.807, 2.05) is 39.8 Å². The van der Waals surface area contributed by atoms with Crippen molar-refractivity contribution in [3.8, 4) is 17.7 Å². The molecule has 25 heavy (non-hydrogen) atoms. The van der Waals surface area contributed by atoms with Gasteiger partial charge in [-0.3, -0.25) is 0 Å². The van der Waals surface area contributed by atoms with E-state index in [4.69, 9.17) is 4.74 Å². The van der Waals surface area contributed by atoms with Gasteiger partial charge in [-0.2, -0.15) is 0 Å². The summed E-state index contributed by atoms with van der Waals surface area (Å²) in [5.74, 6) is 5.75. The Kier molecular flexibility index (Phi) is 6.05. The molecular formula is C19H22N2O3S. The molecule has 0 fully saturated rings. The molecule has 0 saturated heterocycles. The normalized spacial score (nSPS) is 12.0. The van der Waals surface area contributed by atoms with Crippen LogP contribution in [0.3, 0.4) is 0 Å². The van der Waals surface area contributed by atoms with Crippen LogP contribution in [0.5, 0.6) is 5.88 Å². The van der Waals surface area contributed by atoms with Crippen molar-refractivity contribution >= 4 is 23.0 Å². The number of pyridine rings is 1. The Labute approximate surface area is 152 Å². The van der Waals surface area contributed by atoms with Gasteiger partial charge in [-0.25, -0.2) is 9.78 Å². The van der Waals surface area contributed by atoms with Crippen molar-refractivity contribution in [1.29, 1.82) is 0 Å². The third-order valence-corrected chi connectivity index (χ3v) is 4.05. The molecule has 2 rings (SSSR count). The quantitative estimate of drug-likeness (QED) is 0.760. The number of carbonyl (C=O) groups is 1. The molecule has 0 amide bonds. The van der Waals surface area contributed by atoms with Crippen molar-refractivity contribution in [3.63, 3.8) is 0 Å². The fourth-order valence-corrected chi connectivity index (χ4v) is 2.73. The first-order valence-corrected chi connectivity index (χ1v) is 8.77. The zero-order chi connectivity index (χ0) is 18.4. The molecule has 6 heteroatoms. The van der Waals surface area contributed by atoms with Crippen molar-refractivity contribution in [2.24, 2.45) is 5.41 Å². The van der Waals surface area contributed by atoms with Gasteiger partial charge in [-0.1, -0.05) is 17.9 Å². The Morgan fingerprint density at radius 1 is 1.44 bits per heavy atom. The second-order valence-corrected chi connectivity index (χ2v) is 7.74. The predicted octanol–water partition coefficient (Wildman–Crippen LogP) is 4.12. The van der Waals surface area contributed by atoms with Crippen LogP contribution in [0, 0.1) is 17.3 Å². The summed E-state index contributed by atoms with van der Waals surface area (Å²) in [6.07, 6.45) is 1.66. The van der Waals surface area contributed by atoms with E-state index >= 15 is 0 Å². The summed E-state index contributed by atoms with van der Waals surface area (Å²) in [7, 11) is 0. The van der Waals surface area contributed by atoms with Crippen LogP contribution in [0.1, 0.15) is 42.2 Å². The molecule has 2 aromatic rings. The maximum atomic E-state index is 11.5. The number of aromatic carboxylic acids is 1. The lowest BCUT2D eigenvalue weighted by Crippen LogP contribution is -2.24. The molecule has 0 saturated carbocycles. The second kappa shape index (κ2) is 8.04. The molecule has 0 radical (unpaired) electrons. The van der Waals surface area contributed by atoms with Crippen LogP contribution in [0.4, 0.5) is 5.69 Å². The van der Waals surface area contributed by atoms with Crippen molar-refractivity contribution in [1.82, 2.24) is 4.98 Å². The predicted molar refractivity (Wildman–Crippen MR) is 100 cm³/mol. The van der Waals surface area contributed by atoms with Crippen molar-refractivity contribution in [2.45, 2.75) is 33.7 Å². The average Bonchev–Trinajstić information content (AvgIpc) is 2.94. The van der Waals surface area contributed by atoms with Gasteiger partial charge in [0.2, 0.25) is 5.88 Å². The highest BCUT2D eigenvalue weighted by atomic mass is 32.1. The maximum Gasteiger partial charge on any atom is 0.348 e. The van der Waals surface area contributed by atoms with E-state index in [9.17, 15) is 9.90 Å². The number of thiophene rings is 1. The number of anilines is 1. The highest BCUT2D eigenvalue weighted by Gasteiger charge is 2.17. The monoisotopic (exact) mass is 358 g/mol. The van der Waals surface area contributed by atoms with E-state index in [0.29, 0.717) is 18.2 Å². The SMILES string of the molecule is C[C@@H](COc1ccccn1)Nc1cc(C#CC(C)(C)C)sc1C(=O)O. The van der Waals surface area contributed by atoms with Crippen LogP contribution in [0.15, 0.2) is 30.5 Å². The van der Waals surface area contributed by atoms with Gasteiger partial charge in [0.1, 0.15) is 11.5 Å². The number of carboxylic acids is 1. The summed E-state index contributed by atoms with van der Waals surface area (Å²) >= 11 is 1.18. The largest absolute Gasteiger partial charge is 0.477 e. The number of nitrogens with zero attached hydrogens (tertiary/aromatic N) is 1. The summed E-state index contributed by atoms with van der Waals surface area (Å²) in [5, 5.41) is 12.6. The summed E-state index contributed by atoms with van der Waals surface area (Å²) in [6, 6.07) is 7.14. The molecule has 0 aliphatic carbocycles. The minimum absolute atomic E-state index is 0.0851. The van der Waals surface area contributed by atoms with Crippen LogP contribution >= 0.6 is 11.3 Å². The van der Waals surface area contributed by atoms with Gasteiger partial charge in [0.25, 0.3) is 0 Å². The zero-order valence-electron chi connectivity index (χ0n) is 14.8. The number of rotatable bonds is 6. The topological polar surface area (TPSA) is 71.5 Å². The Morgan fingerprint density at radius 2 is 2.20 bits per heavy atom. The van der Waals surface area contributed by atoms with Crippen LogP contribution in [0.2, 0.25) is 0 Å². The maximum absolute atomic E-state index is 11.5. The molecule has 1 atom stereocenters. The third-order valence-electron chi connectivity index (χ3n) is 3.01. The lowest BCUT2D eigenvalue weighted by Gasteiger charge is -2.15. The number of hydrogen-bond acceptors (Lipinski definition) is 5. The zero-order valence-corrected chi connectivity index (χ0v) is 15.6. The van der Waals surface area contributed by atoms with Gasteiger partial charge in [0, 0.05) is 17.7 Å². The summed E-state index contributed by atoms with van der Waals surface area (Å²) in [4.78, 5) is 16.6. The minimum atomic E-state index is -0.964. The molecule has 0 aromatic carbocycles. The minimum Gasteiger partial charge on any atom is -0.477 e. The molecule has 0 unspecified atom stereocenters. The Balaban J connectivity index is 2.07. The highest BCUT2D eigenvalue weighted by molar-refractivity contribution is 7.15. The molecule has 2 N–H and O–H groups in total. The first-order valence-electron chi connectivity index (χ1n) is 7.95. The fourth-order valence-electron chi connectivity index (χ4n) is 1.92.